The molecule has 0 spiro atoms. The van der Waals surface area contributed by atoms with E-state index in [1.807, 2.05) is 18.6 Å². The van der Waals surface area contributed by atoms with Crippen molar-refractivity contribution in [3.8, 4) is 98.8 Å². The van der Waals surface area contributed by atoms with Gasteiger partial charge in [0.05, 0.1) is 17.3 Å². The van der Waals surface area contributed by atoms with Gasteiger partial charge in [0.2, 0.25) is 23.1 Å². The Kier molecular flexibility index (Phi) is 42.3. The van der Waals surface area contributed by atoms with Gasteiger partial charge in [-0.05, 0) is 79.1 Å². The summed E-state index contributed by atoms with van der Waals surface area (Å²) >= 11 is 6.60. The van der Waals surface area contributed by atoms with Gasteiger partial charge in [-0.1, -0.05) is 128 Å². The van der Waals surface area contributed by atoms with Crippen LogP contribution in [0.5, 0.6) is 0 Å². The molecule has 11 N–H and O–H groups in total. The Hall–Kier alpha value is -7.75. The fourth-order valence-corrected chi connectivity index (χ4v) is 4.33. The van der Waals surface area contributed by atoms with E-state index in [0.717, 1.165) is 39.5 Å². The van der Waals surface area contributed by atoms with Crippen molar-refractivity contribution < 1.29 is 111 Å². The van der Waals surface area contributed by atoms with Crippen LogP contribution in [0.3, 0.4) is 0 Å². The Morgan fingerprint density at radius 2 is 0.697 bits per heavy atom. The van der Waals surface area contributed by atoms with Crippen LogP contribution in [0, 0.1) is 149 Å². The second-order valence-corrected chi connectivity index (χ2v) is 21.8. The second kappa shape index (κ2) is 38.6. The van der Waals surface area contributed by atoms with Crippen LogP contribution < -0.4 is 26.6 Å². The summed E-state index contributed by atoms with van der Waals surface area (Å²) in [4.78, 5) is 96.2. The van der Waals surface area contributed by atoms with Crippen molar-refractivity contribution >= 4 is 78.5 Å². The first kappa shape index (κ1) is 97.5. The molecule has 0 bridgehead atoms. The number of carbonyl (C=O) groups is 9. The average Bonchev–Trinajstić information content (AvgIpc) is 1.32. The van der Waals surface area contributed by atoms with E-state index >= 15 is 0 Å². The van der Waals surface area contributed by atoms with Gasteiger partial charge in [-0.25, -0.2) is 4.79 Å². The van der Waals surface area contributed by atoms with Crippen molar-refractivity contribution in [2.75, 3.05) is 0 Å². The number of hydrogen-bond acceptors (Lipinski definition) is 14. The van der Waals surface area contributed by atoms with Crippen LogP contribution in [0.25, 0.3) is 0 Å². The molecule has 0 radical (unpaired) electrons. The van der Waals surface area contributed by atoms with Gasteiger partial charge in [-0.15, -0.1) is 51.4 Å². The largest absolute Gasteiger partial charge is 0.481 e. The van der Waals surface area contributed by atoms with Gasteiger partial charge in [-0.2, -0.15) is 52.7 Å². The summed E-state index contributed by atoms with van der Waals surface area (Å²) in [5.41, 5.74) is 0.726. The number of thiol groups is 2. The lowest BCUT2D eigenvalue weighted by Crippen LogP contribution is -2.54. The Bertz CT molecular complexity index is 2740. The smallest absolute Gasteiger partial charge is 0.452 e. The SMILES string of the molecule is C#CC(C#C)(C(=O)C(F)(F)F)C(C)(C)C(=O)NS.C#CC(C#C)(C(=O)C(F)(F)F)C(C)(C)C(=O)O.C#CC(C#C)(C(=O)C(F)(F)F)C(C)C.C#CC(N)(C#C)C(=O)O.CC(C)(N)C(=O)O.CC(C)C(C)(C)N.CC(C)C(C)C.O=C(CC(=O)C(F)(F)F)NS. The number of alkyl halides is 12. The van der Waals surface area contributed by atoms with Crippen molar-refractivity contribution in [1.29, 1.82) is 0 Å². The lowest BCUT2D eigenvalue weighted by atomic mass is 9.63. The Labute approximate surface area is 522 Å². The first-order valence-corrected chi connectivity index (χ1v) is 25.3. The lowest BCUT2D eigenvalue weighted by molar-refractivity contribution is -0.184. The first-order valence-electron chi connectivity index (χ1n) is 24.4. The quantitative estimate of drug-likeness (QED) is 0.0343. The Balaban J connectivity index is -0.000000144. The Morgan fingerprint density at radius 3 is 0.809 bits per heavy atom. The first-order chi connectivity index (χ1) is 39.2. The number of carboxylic acids is 3. The van der Waals surface area contributed by atoms with Gasteiger partial charge in [0.25, 0.3) is 17.3 Å². The van der Waals surface area contributed by atoms with Crippen LogP contribution in [0.4, 0.5) is 52.7 Å². The fraction of sp³-hybridized carbons (Fsp3) is 0.569. The van der Waals surface area contributed by atoms with E-state index in [-0.39, 0.29) is 5.54 Å². The summed E-state index contributed by atoms with van der Waals surface area (Å²) in [7, 11) is 0. The number of carbonyl (C=O) groups excluding carboxylic acids is 6. The van der Waals surface area contributed by atoms with Crippen molar-refractivity contribution in [2.24, 2.45) is 67.9 Å². The number of nitrogens with two attached hydrogens (primary N) is 3. The predicted molar refractivity (Wildman–Crippen MR) is 314 cm³/mol. The highest BCUT2D eigenvalue weighted by atomic mass is 32.1. The van der Waals surface area contributed by atoms with E-state index in [1.54, 1.807) is 40.2 Å². The van der Waals surface area contributed by atoms with Crippen LogP contribution in [0.2, 0.25) is 0 Å². The van der Waals surface area contributed by atoms with Gasteiger partial charge in [0.1, 0.15) is 5.54 Å². The zero-order chi connectivity index (χ0) is 74.3. The Morgan fingerprint density at radius 1 is 0.427 bits per heavy atom. The van der Waals surface area contributed by atoms with Gasteiger partial charge < -0.3 is 36.2 Å². The number of carboxylic acid groups (broad SMARTS) is 3. The monoisotopic (exact) mass is 1330 g/mol. The number of rotatable bonds is 14. The number of hydrogen-bond donors (Lipinski definition) is 10. The molecule has 0 saturated carbocycles. The van der Waals surface area contributed by atoms with E-state index in [9.17, 15) is 95.8 Å². The highest BCUT2D eigenvalue weighted by Crippen LogP contribution is 2.45. The molecule has 0 heterocycles. The van der Waals surface area contributed by atoms with Crippen molar-refractivity contribution in [2.45, 2.75) is 159 Å². The summed E-state index contributed by atoms with van der Waals surface area (Å²) in [6.07, 6.45) is 17.2. The van der Waals surface area contributed by atoms with E-state index < -0.39 is 128 Å². The van der Waals surface area contributed by atoms with Gasteiger partial charge in [0, 0.05) is 5.54 Å². The minimum atomic E-state index is -5.30. The maximum Gasteiger partial charge on any atom is 0.452 e. The molecule has 0 unspecified atom stereocenters. The second-order valence-electron chi connectivity index (χ2n) is 21.3. The molecule has 2 amide bonds. The van der Waals surface area contributed by atoms with Gasteiger partial charge >= 0.3 is 42.6 Å². The van der Waals surface area contributed by atoms with Crippen molar-refractivity contribution in [3.05, 3.63) is 0 Å². The van der Waals surface area contributed by atoms with Crippen molar-refractivity contribution in [3.63, 3.8) is 0 Å². The number of halogens is 12. The normalized spacial score (nSPS) is 11.7. The molecule has 0 fully saturated rings. The van der Waals surface area contributed by atoms with Gasteiger partial charge in [0.15, 0.2) is 16.2 Å². The number of terminal acetylenes is 8. The topological polar surface area (TPSA) is 316 Å². The molecule has 31 heteroatoms. The molecule has 0 aliphatic heterocycles. The highest BCUT2D eigenvalue weighted by molar-refractivity contribution is 7.78. The van der Waals surface area contributed by atoms with E-state index in [0.29, 0.717) is 5.92 Å². The highest BCUT2D eigenvalue weighted by Gasteiger charge is 2.63. The van der Waals surface area contributed by atoms with E-state index in [4.69, 9.17) is 83.9 Å². The van der Waals surface area contributed by atoms with Gasteiger partial charge in [-0.3, -0.25) is 44.1 Å². The molecule has 500 valence electrons. The standard InChI is InChI=1S/C11H10F3NO2S.C11H9F3O3.C10H9F3O.C6H5NO2.C6H15N.C6H14.C4H4F3NO2S.C4H9NO2/c1-5-10(6-2,7(16)11(12,13)14)9(3,4)8(17)15-18;1-5-10(6-2,7(15)11(12,13)14)9(3,4)8(16)17;1-5-9(6-2,7(3)4)8(14)10(11,12)13;1-3-6(7,4-2)5(8)9;1-5(2)6(3,4)7;1-5(2)6(3)4;5-4(6,7)2(9)1-3(10)8-11;1-4(2,5)3(6)7/h1-2,18H,3-4H3,(H,15,17);1-2H,3-4H3,(H,16,17);1-2,7H,3-4H3;1-2H,7H2,(H,8,9);5H,7H2,1-4H3;5-6H,1-4H3;11H,1H2,(H,8,10);5H2,1-2H3,(H,6,7). The summed E-state index contributed by atoms with van der Waals surface area (Å²) in [6.45, 7) is 26.8. The summed E-state index contributed by atoms with van der Waals surface area (Å²) in [5, 5.41) is 25.2. The summed E-state index contributed by atoms with van der Waals surface area (Å²) in [6, 6.07) is 0. The molecular formula is C58H75F12N5O12S2. The number of amides is 2. The maximum absolute atomic E-state index is 12.5. The zero-order valence-corrected chi connectivity index (χ0v) is 53.1. The number of aliphatic carboxylic acids is 3. The molecule has 0 atom stereocenters. The number of ketones is 4. The average molecular weight is 1330 g/mol. The predicted octanol–water partition coefficient (Wildman–Crippen LogP) is 7.86. The van der Waals surface area contributed by atoms with Crippen LogP contribution >= 0.6 is 25.6 Å². The molecule has 0 saturated heterocycles. The van der Waals surface area contributed by atoms with Crippen LogP contribution in [0.15, 0.2) is 0 Å². The zero-order valence-electron chi connectivity index (χ0n) is 51.3. The van der Waals surface area contributed by atoms with Crippen LogP contribution in [-0.4, -0.2) is 109 Å². The van der Waals surface area contributed by atoms with E-state index in [2.05, 4.69) is 67.2 Å². The molecule has 0 aromatic heterocycles. The molecule has 0 aromatic rings. The maximum atomic E-state index is 12.5. The van der Waals surface area contributed by atoms with E-state index in [1.165, 1.54) is 39.5 Å². The van der Waals surface area contributed by atoms with Crippen LogP contribution in [0.1, 0.15) is 117 Å². The third-order valence-corrected chi connectivity index (χ3v) is 12.5. The minimum Gasteiger partial charge on any atom is -0.481 e. The molecule has 0 aliphatic carbocycles. The number of Topliss-reactive ketones (excluding diaryl/α,β-unsaturated/α-hetero) is 4. The molecule has 0 rings (SSSR count). The van der Waals surface area contributed by atoms with Crippen LogP contribution in [-0.2, 0) is 43.2 Å². The van der Waals surface area contributed by atoms with Crippen molar-refractivity contribution in [1.82, 2.24) is 9.44 Å². The third-order valence-electron chi connectivity index (χ3n) is 12.0. The third kappa shape index (κ3) is 31.8. The summed E-state index contributed by atoms with van der Waals surface area (Å²) < 4.78 is 149. The molecule has 17 nitrogen and oxygen atoms in total. The summed E-state index contributed by atoms with van der Waals surface area (Å²) in [5.74, 6) is -0.142. The fourth-order valence-electron chi connectivity index (χ4n) is 3.97. The molecule has 0 aliphatic rings. The molecule has 89 heavy (non-hydrogen) atoms. The molecule has 0 aromatic carbocycles. The number of nitrogens with one attached hydrogen (secondary N) is 2. The lowest BCUT2D eigenvalue weighted by Gasteiger charge is -2.36. The molecular weight excluding hydrogens is 1250 g/mol. The minimum absolute atomic E-state index is 0.